The second-order valence-electron chi connectivity index (χ2n) is 7.12. The summed E-state index contributed by atoms with van der Waals surface area (Å²) in [5.41, 5.74) is 2.01. The van der Waals surface area contributed by atoms with Crippen LogP contribution in [-0.2, 0) is 0 Å². The summed E-state index contributed by atoms with van der Waals surface area (Å²) in [6.07, 6.45) is 6.70. The van der Waals surface area contributed by atoms with Gasteiger partial charge in [0.1, 0.15) is 5.82 Å². The van der Waals surface area contributed by atoms with Crippen molar-refractivity contribution < 1.29 is 5.11 Å². The summed E-state index contributed by atoms with van der Waals surface area (Å²) in [7, 11) is 0. The van der Waals surface area contributed by atoms with E-state index in [0.29, 0.717) is 12.6 Å². The van der Waals surface area contributed by atoms with Crippen LogP contribution in [0, 0.1) is 6.92 Å². The van der Waals surface area contributed by atoms with Gasteiger partial charge in [0.05, 0.1) is 12.6 Å². The van der Waals surface area contributed by atoms with Crippen molar-refractivity contribution in [1.82, 2.24) is 20.6 Å². The van der Waals surface area contributed by atoms with E-state index in [-0.39, 0.29) is 24.0 Å². The van der Waals surface area contributed by atoms with Gasteiger partial charge in [-0.1, -0.05) is 6.07 Å². The second-order valence-corrected chi connectivity index (χ2v) is 7.12. The maximum Gasteiger partial charge on any atom is 0.191 e. The van der Waals surface area contributed by atoms with E-state index in [0.717, 1.165) is 49.8 Å². The van der Waals surface area contributed by atoms with Crippen LogP contribution >= 0.6 is 24.0 Å². The van der Waals surface area contributed by atoms with Gasteiger partial charge in [0.15, 0.2) is 5.96 Å². The second kappa shape index (κ2) is 11.9. The summed E-state index contributed by atoms with van der Waals surface area (Å²) in [5.74, 6) is 1.80. The number of pyridine rings is 2. The third kappa shape index (κ3) is 7.11. The molecule has 1 saturated heterocycles. The fraction of sp³-hybridized carbons (Fsp3) is 0.476. The van der Waals surface area contributed by atoms with Gasteiger partial charge in [0.2, 0.25) is 0 Å². The van der Waals surface area contributed by atoms with E-state index in [2.05, 4.69) is 49.6 Å². The van der Waals surface area contributed by atoms with Gasteiger partial charge in [-0.15, -0.1) is 24.0 Å². The van der Waals surface area contributed by atoms with E-state index >= 15 is 0 Å². The molecule has 3 heterocycles. The molecule has 0 saturated carbocycles. The van der Waals surface area contributed by atoms with Crippen molar-refractivity contribution in [3.8, 4) is 0 Å². The molecule has 29 heavy (non-hydrogen) atoms. The predicted octanol–water partition coefficient (Wildman–Crippen LogP) is 2.66. The molecule has 1 fully saturated rings. The van der Waals surface area contributed by atoms with Gasteiger partial charge < -0.3 is 20.6 Å². The number of hydrogen-bond acceptors (Lipinski definition) is 5. The lowest BCUT2D eigenvalue weighted by Gasteiger charge is -2.34. The van der Waals surface area contributed by atoms with E-state index in [1.165, 1.54) is 5.56 Å². The molecule has 7 nitrogen and oxygen atoms in total. The van der Waals surface area contributed by atoms with Crippen molar-refractivity contribution in [3.63, 3.8) is 0 Å². The quantitative estimate of drug-likeness (QED) is 0.315. The number of aryl methyl sites for hydroxylation is 1. The number of aliphatic hydroxyl groups is 1. The maximum atomic E-state index is 10.3. The molecule has 1 aliphatic heterocycles. The first kappa shape index (κ1) is 23.3. The molecule has 0 aromatic carbocycles. The average Bonchev–Trinajstić information content (AvgIpc) is 2.74. The lowest BCUT2D eigenvalue weighted by Crippen LogP contribution is -2.49. The monoisotopic (exact) mass is 510 g/mol. The van der Waals surface area contributed by atoms with Gasteiger partial charge >= 0.3 is 0 Å². The summed E-state index contributed by atoms with van der Waals surface area (Å²) in [6.45, 7) is 7.12. The van der Waals surface area contributed by atoms with Crippen LogP contribution in [0.5, 0.6) is 0 Å². The minimum Gasteiger partial charge on any atom is -0.386 e. The highest BCUT2D eigenvalue weighted by molar-refractivity contribution is 14.0. The molecule has 0 amide bonds. The van der Waals surface area contributed by atoms with Crippen LogP contribution in [0.4, 0.5) is 5.82 Å². The van der Waals surface area contributed by atoms with Crippen molar-refractivity contribution >= 4 is 35.8 Å². The predicted molar refractivity (Wildman–Crippen MR) is 128 cm³/mol. The molecule has 0 aliphatic carbocycles. The van der Waals surface area contributed by atoms with Crippen molar-refractivity contribution in [1.29, 1.82) is 0 Å². The molecular formula is C21H31IN6O. The van der Waals surface area contributed by atoms with Crippen molar-refractivity contribution in [2.45, 2.75) is 38.8 Å². The number of nitrogens with one attached hydrogen (secondary N) is 2. The van der Waals surface area contributed by atoms with Crippen LogP contribution in [0.25, 0.3) is 0 Å². The lowest BCUT2D eigenvalue weighted by atomic mass is 10.1. The van der Waals surface area contributed by atoms with E-state index in [1.807, 2.05) is 25.3 Å². The van der Waals surface area contributed by atoms with Crippen molar-refractivity contribution in [3.05, 3.63) is 54.0 Å². The normalized spacial score (nSPS) is 16.1. The number of aliphatic imine (C=N–C) groups is 1. The molecule has 1 unspecified atom stereocenters. The van der Waals surface area contributed by atoms with Gasteiger partial charge in [-0.2, -0.15) is 0 Å². The molecule has 1 atom stereocenters. The number of anilines is 1. The topological polar surface area (TPSA) is 85.7 Å². The molecule has 8 heteroatoms. The third-order valence-electron chi connectivity index (χ3n) is 4.91. The lowest BCUT2D eigenvalue weighted by molar-refractivity contribution is 0.187. The highest BCUT2D eigenvalue weighted by Crippen LogP contribution is 2.18. The Morgan fingerprint density at radius 1 is 1.24 bits per heavy atom. The molecule has 2 aromatic rings. The molecule has 0 spiro atoms. The number of aliphatic hydroxyl groups excluding tert-OH is 1. The number of halogens is 1. The molecule has 3 rings (SSSR count). The summed E-state index contributed by atoms with van der Waals surface area (Å²) in [5, 5.41) is 17.1. The smallest absolute Gasteiger partial charge is 0.191 e. The molecule has 0 bridgehead atoms. The average molecular weight is 510 g/mol. The van der Waals surface area contributed by atoms with Gasteiger partial charge in [-0.05, 0) is 56.0 Å². The third-order valence-corrected chi connectivity index (χ3v) is 4.91. The fourth-order valence-corrected chi connectivity index (χ4v) is 3.28. The van der Waals surface area contributed by atoms with Crippen LogP contribution in [0.3, 0.4) is 0 Å². The van der Waals surface area contributed by atoms with Crippen LogP contribution in [0.2, 0.25) is 0 Å². The Labute approximate surface area is 190 Å². The van der Waals surface area contributed by atoms with Crippen LogP contribution in [0.1, 0.15) is 37.0 Å². The standard InChI is InChI=1S/C21H30N6O.HI/c1-3-23-21(25-15-19(28)17-6-10-22-11-7-17)26-18-8-12-27(13-9-18)20-5-4-16(2)14-24-20;/h4-7,10-11,14,18-19,28H,3,8-9,12-13,15H2,1-2H3,(H2,23,25,26);1H. The summed E-state index contributed by atoms with van der Waals surface area (Å²) < 4.78 is 0. The number of piperidine rings is 1. The van der Waals surface area contributed by atoms with Gasteiger partial charge in [-0.25, -0.2) is 4.98 Å². The SMILES string of the molecule is CCNC(=NCC(O)c1ccncc1)NC1CCN(c2ccc(C)cn2)CC1.I. The zero-order valence-corrected chi connectivity index (χ0v) is 19.4. The zero-order chi connectivity index (χ0) is 19.8. The van der Waals surface area contributed by atoms with Gasteiger partial charge in [0.25, 0.3) is 0 Å². The largest absolute Gasteiger partial charge is 0.386 e. The minimum atomic E-state index is -0.632. The zero-order valence-electron chi connectivity index (χ0n) is 17.1. The Morgan fingerprint density at radius 3 is 2.59 bits per heavy atom. The molecule has 3 N–H and O–H groups in total. The Hall–Kier alpha value is -1.94. The molecule has 2 aromatic heterocycles. The van der Waals surface area contributed by atoms with Crippen LogP contribution < -0.4 is 15.5 Å². The first-order chi connectivity index (χ1) is 13.7. The summed E-state index contributed by atoms with van der Waals surface area (Å²) in [4.78, 5) is 15.4. The van der Waals surface area contributed by atoms with Gasteiger partial charge in [-0.3, -0.25) is 9.98 Å². The number of aromatic nitrogens is 2. The Morgan fingerprint density at radius 2 is 1.97 bits per heavy atom. The summed E-state index contributed by atoms with van der Waals surface area (Å²) >= 11 is 0. The first-order valence-electron chi connectivity index (χ1n) is 9.96. The minimum absolute atomic E-state index is 0. The Balaban J connectivity index is 0.00000300. The molecule has 1 aliphatic rings. The van der Waals surface area contributed by atoms with Crippen LogP contribution in [-0.4, -0.2) is 53.3 Å². The number of guanidine groups is 1. The van der Waals surface area contributed by atoms with Crippen LogP contribution in [0.15, 0.2) is 47.8 Å². The Kier molecular flexibility index (Phi) is 9.59. The van der Waals surface area contributed by atoms with Gasteiger partial charge in [0, 0.05) is 44.3 Å². The molecule has 0 radical (unpaired) electrons. The Bertz CT molecular complexity index is 748. The highest BCUT2D eigenvalue weighted by atomic mass is 127. The maximum absolute atomic E-state index is 10.3. The number of nitrogens with zero attached hydrogens (tertiary/aromatic N) is 4. The molecular weight excluding hydrogens is 479 g/mol. The summed E-state index contributed by atoms with van der Waals surface area (Å²) in [6, 6.07) is 8.19. The number of hydrogen-bond donors (Lipinski definition) is 3. The highest BCUT2D eigenvalue weighted by Gasteiger charge is 2.21. The first-order valence-corrected chi connectivity index (χ1v) is 9.96. The van der Waals surface area contributed by atoms with E-state index < -0.39 is 6.10 Å². The fourth-order valence-electron chi connectivity index (χ4n) is 3.28. The van der Waals surface area contributed by atoms with E-state index in [4.69, 9.17) is 0 Å². The van der Waals surface area contributed by atoms with E-state index in [9.17, 15) is 5.11 Å². The van der Waals surface area contributed by atoms with Crippen molar-refractivity contribution in [2.24, 2.45) is 4.99 Å². The number of rotatable bonds is 6. The van der Waals surface area contributed by atoms with Crippen molar-refractivity contribution in [2.75, 3.05) is 31.1 Å². The molecule has 158 valence electrons. The van der Waals surface area contributed by atoms with E-state index in [1.54, 1.807) is 12.4 Å².